The normalized spacial score (nSPS) is 10.6. The van der Waals surface area contributed by atoms with Gasteiger partial charge in [0, 0.05) is 10.4 Å². The Morgan fingerprint density at radius 1 is 1.31 bits per heavy atom. The van der Waals surface area contributed by atoms with Gasteiger partial charge in [0.1, 0.15) is 4.64 Å². The van der Waals surface area contributed by atoms with E-state index in [1.165, 1.54) is 5.56 Å². The third-order valence-corrected chi connectivity index (χ3v) is 2.81. The van der Waals surface area contributed by atoms with Gasteiger partial charge >= 0.3 is 0 Å². The van der Waals surface area contributed by atoms with Gasteiger partial charge in [0.25, 0.3) is 0 Å². The van der Waals surface area contributed by atoms with Crippen LogP contribution in [0.25, 0.3) is 10.9 Å². The van der Waals surface area contributed by atoms with Gasteiger partial charge in [-0.1, -0.05) is 23.8 Å². The molecule has 2 aromatic rings. The molecule has 0 radical (unpaired) electrons. The van der Waals surface area contributed by atoms with Crippen LogP contribution in [0, 0.1) is 11.6 Å². The number of rotatable bonds is 0. The van der Waals surface area contributed by atoms with E-state index in [2.05, 4.69) is 36.7 Å². The summed E-state index contributed by atoms with van der Waals surface area (Å²) in [6.45, 7) is 2.07. The van der Waals surface area contributed by atoms with Gasteiger partial charge in [0.05, 0.1) is 0 Å². The Labute approximate surface area is 87.2 Å². The van der Waals surface area contributed by atoms with Crippen LogP contribution in [0.3, 0.4) is 0 Å². The lowest BCUT2D eigenvalue weighted by Crippen LogP contribution is -1.82. The molecule has 66 valence electrons. The molecule has 1 aromatic heterocycles. The van der Waals surface area contributed by atoms with Crippen LogP contribution < -0.4 is 0 Å². The summed E-state index contributed by atoms with van der Waals surface area (Å²) >= 11 is 9.35. The van der Waals surface area contributed by atoms with Crippen LogP contribution in [-0.2, 0) is 0 Å². The van der Waals surface area contributed by atoms with Gasteiger partial charge in [-0.25, -0.2) is 0 Å². The first-order valence-corrected chi connectivity index (χ1v) is 4.85. The summed E-state index contributed by atoms with van der Waals surface area (Å²) < 4.78 is 0.694. The average Bonchev–Trinajstić information content (AvgIpc) is 2.08. The molecule has 0 unspecified atom stereocenters. The van der Waals surface area contributed by atoms with Crippen molar-refractivity contribution < 1.29 is 0 Å². The number of pyridine rings is 1. The average molecular weight is 207 g/mol. The second-order valence-corrected chi connectivity index (χ2v) is 3.96. The highest BCUT2D eigenvalue weighted by Gasteiger charge is 1.96. The Balaban J connectivity index is 2.89. The number of aromatic amines is 1. The van der Waals surface area contributed by atoms with Gasteiger partial charge in [-0.2, -0.15) is 0 Å². The first-order chi connectivity index (χ1) is 6.16. The lowest BCUT2D eigenvalue weighted by atomic mass is 10.1. The lowest BCUT2D eigenvalue weighted by Gasteiger charge is -2.00. The first kappa shape index (κ1) is 8.78. The van der Waals surface area contributed by atoms with E-state index in [1.54, 1.807) is 0 Å². The number of H-pyrrole nitrogens is 1. The molecule has 0 bridgehead atoms. The zero-order chi connectivity index (χ0) is 9.42. The van der Waals surface area contributed by atoms with Crippen LogP contribution >= 0.6 is 24.8 Å². The molecule has 1 N–H and O–H groups in total. The van der Waals surface area contributed by atoms with Crippen LogP contribution in [0.4, 0.5) is 0 Å². The number of nitrogens with one attached hydrogen (secondary N) is 1. The van der Waals surface area contributed by atoms with E-state index < -0.39 is 0 Å². The van der Waals surface area contributed by atoms with Crippen molar-refractivity contribution in [2.24, 2.45) is 0 Å². The maximum atomic E-state index is 5.08. The number of hydrogen-bond acceptors (Lipinski definition) is 2. The minimum absolute atomic E-state index is 0.694. The summed E-state index contributed by atoms with van der Waals surface area (Å²) in [6, 6.07) is 8.20. The summed E-state index contributed by atoms with van der Waals surface area (Å²) in [5.41, 5.74) is 2.30. The molecule has 0 saturated carbocycles. The third kappa shape index (κ3) is 1.62. The van der Waals surface area contributed by atoms with Crippen molar-refractivity contribution in [1.29, 1.82) is 0 Å². The number of aryl methyl sites for hydroxylation is 1. The second-order valence-electron chi connectivity index (χ2n) is 3.07. The van der Waals surface area contributed by atoms with Crippen LogP contribution in [0.2, 0.25) is 0 Å². The second kappa shape index (κ2) is 3.16. The van der Waals surface area contributed by atoms with Gasteiger partial charge in [0.15, 0.2) is 0 Å². The van der Waals surface area contributed by atoms with E-state index in [4.69, 9.17) is 12.2 Å². The molecular weight excluding hydrogens is 198 g/mol. The topological polar surface area (TPSA) is 15.8 Å². The maximum Gasteiger partial charge on any atom is 0.117 e. The molecule has 1 heterocycles. The summed E-state index contributed by atoms with van der Waals surface area (Å²) in [6.07, 6.45) is 0. The molecule has 0 fully saturated rings. The van der Waals surface area contributed by atoms with Gasteiger partial charge in [-0.3, -0.25) is 0 Å². The van der Waals surface area contributed by atoms with Crippen molar-refractivity contribution >= 4 is 35.7 Å². The molecule has 0 aliphatic carbocycles. The number of thiol groups is 1. The third-order valence-electron chi connectivity index (χ3n) is 1.98. The van der Waals surface area contributed by atoms with Crippen molar-refractivity contribution in [3.8, 4) is 0 Å². The van der Waals surface area contributed by atoms with Crippen LogP contribution in [-0.4, -0.2) is 4.98 Å². The smallest absolute Gasteiger partial charge is 0.117 e. The lowest BCUT2D eigenvalue weighted by molar-refractivity contribution is 1.27. The zero-order valence-corrected chi connectivity index (χ0v) is 8.88. The standard InChI is InChI=1S/C10H9NS2/c1-6-2-3-8-7(4-6)5-9(12)10(13)11-8/h2-5,12H,1H3,(H,11,13). The Morgan fingerprint density at radius 2 is 2.08 bits per heavy atom. The quantitative estimate of drug-likeness (QED) is 0.499. The van der Waals surface area contributed by atoms with Gasteiger partial charge in [-0.15, -0.1) is 12.6 Å². The van der Waals surface area contributed by atoms with E-state index in [9.17, 15) is 0 Å². The largest absolute Gasteiger partial charge is 0.345 e. The Kier molecular flexibility index (Phi) is 2.14. The van der Waals surface area contributed by atoms with Gasteiger partial charge in [0.2, 0.25) is 0 Å². The van der Waals surface area contributed by atoms with E-state index in [0.29, 0.717) is 4.64 Å². The number of fused-ring (bicyclic) bond motifs is 1. The van der Waals surface area contributed by atoms with E-state index >= 15 is 0 Å². The van der Waals surface area contributed by atoms with Crippen molar-refractivity contribution in [2.75, 3.05) is 0 Å². The Hall–Kier alpha value is -0.800. The van der Waals surface area contributed by atoms with E-state index in [-0.39, 0.29) is 0 Å². The fourth-order valence-corrected chi connectivity index (χ4v) is 1.68. The first-order valence-electron chi connectivity index (χ1n) is 3.99. The zero-order valence-electron chi connectivity index (χ0n) is 7.16. The van der Waals surface area contributed by atoms with Crippen LogP contribution in [0.15, 0.2) is 29.2 Å². The monoisotopic (exact) mass is 207 g/mol. The summed E-state index contributed by atoms with van der Waals surface area (Å²) in [7, 11) is 0. The predicted octanol–water partition coefficient (Wildman–Crippen LogP) is 3.49. The molecule has 0 atom stereocenters. The molecule has 0 amide bonds. The molecule has 1 nitrogen and oxygen atoms in total. The minimum Gasteiger partial charge on any atom is -0.345 e. The molecule has 0 saturated heterocycles. The molecule has 0 aliphatic rings. The molecule has 0 spiro atoms. The number of aromatic nitrogens is 1. The maximum absolute atomic E-state index is 5.08. The molecule has 3 heteroatoms. The fraction of sp³-hybridized carbons (Fsp3) is 0.100. The minimum atomic E-state index is 0.694. The highest BCUT2D eigenvalue weighted by molar-refractivity contribution is 7.81. The summed E-state index contributed by atoms with van der Waals surface area (Å²) in [5, 5.41) is 1.15. The molecule has 13 heavy (non-hydrogen) atoms. The van der Waals surface area contributed by atoms with Crippen LogP contribution in [0.5, 0.6) is 0 Å². The predicted molar refractivity (Wildman–Crippen MR) is 61.1 cm³/mol. The molecular formula is C10H9NS2. The van der Waals surface area contributed by atoms with Gasteiger partial charge < -0.3 is 4.98 Å². The van der Waals surface area contributed by atoms with Crippen molar-refractivity contribution in [1.82, 2.24) is 4.98 Å². The van der Waals surface area contributed by atoms with Crippen molar-refractivity contribution in [2.45, 2.75) is 11.8 Å². The van der Waals surface area contributed by atoms with Crippen molar-refractivity contribution in [3.63, 3.8) is 0 Å². The molecule has 1 aromatic carbocycles. The number of hydrogen-bond donors (Lipinski definition) is 2. The van der Waals surface area contributed by atoms with E-state index in [1.807, 2.05) is 12.1 Å². The van der Waals surface area contributed by atoms with Crippen molar-refractivity contribution in [3.05, 3.63) is 34.5 Å². The van der Waals surface area contributed by atoms with Crippen LogP contribution in [0.1, 0.15) is 5.56 Å². The summed E-state index contributed by atoms with van der Waals surface area (Å²) in [5.74, 6) is 0. The highest BCUT2D eigenvalue weighted by atomic mass is 32.1. The Morgan fingerprint density at radius 3 is 2.85 bits per heavy atom. The van der Waals surface area contributed by atoms with Gasteiger partial charge in [-0.05, 0) is 30.5 Å². The molecule has 2 rings (SSSR count). The molecule has 0 aliphatic heterocycles. The Bertz CT molecular complexity index is 514. The fourth-order valence-electron chi connectivity index (χ4n) is 1.31. The highest BCUT2D eigenvalue weighted by Crippen LogP contribution is 2.18. The van der Waals surface area contributed by atoms with E-state index in [0.717, 1.165) is 15.8 Å². The SMILES string of the molecule is Cc1ccc2[nH]c(=S)c(S)cc2c1. The summed E-state index contributed by atoms with van der Waals surface area (Å²) in [4.78, 5) is 3.95. The number of benzene rings is 1.